The Kier molecular flexibility index (Phi) is 4.19. The fraction of sp³-hybridized carbons (Fsp3) is 0.636. The van der Waals surface area contributed by atoms with Crippen LogP contribution in [0.25, 0.3) is 0 Å². The molecule has 1 aromatic rings. The van der Waals surface area contributed by atoms with Crippen LogP contribution in [0.5, 0.6) is 0 Å². The number of rotatable bonds is 4. The molecule has 1 aromatic heterocycles. The summed E-state index contributed by atoms with van der Waals surface area (Å²) in [5.41, 5.74) is 0. The first kappa shape index (κ1) is 13.0. The summed E-state index contributed by atoms with van der Waals surface area (Å²) in [4.78, 5) is 0. The van der Waals surface area contributed by atoms with Gasteiger partial charge in [-0.3, -0.25) is 0 Å². The molecule has 0 aromatic carbocycles. The van der Waals surface area contributed by atoms with Gasteiger partial charge in [-0.05, 0) is 30.2 Å². The lowest BCUT2D eigenvalue weighted by Gasteiger charge is -2.30. The molecule has 0 saturated heterocycles. The van der Waals surface area contributed by atoms with Crippen molar-refractivity contribution in [2.24, 2.45) is 5.92 Å². The van der Waals surface area contributed by atoms with Crippen LogP contribution in [0.15, 0.2) is 21.7 Å². The molecule has 0 radical (unpaired) electrons. The van der Waals surface area contributed by atoms with E-state index in [2.05, 4.69) is 4.72 Å². The highest BCUT2D eigenvalue weighted by Gasteiger charge is 2.29. The van der Waals surface area contributed by atoms with Crippen molar-refractivity contribution in [1.29, 1.82) is 0 Å². The van der Waals surface area contributed by atoms with Gasteiger partial charge in [0, 0.05) is 12.6 Å². The first-order valence-corrected chi connectivity index (χ1v) is 8.16. The first-order valence-electron chi connectivity index (χ1n) is 5.80. The highest BCUT2D eigenvalue weighted by atomic mass is 32.2. The number of aliphatic hydroxyl groups is 1. The van der Waals surface area contributed by atoms with Crippen LogP contribution in [-0.2, 0) is 10.0 Å². The van der Waals surface area contributed by atoms with Crippen LogP contribution in [0.3, 0.4) is 0 Å². The molecule has 0 aliphatic heterocycles. The summed E-state index contributed by atoms with van der Waals surface area (Å²) in [6.07, 6.45) is 3.81. The van der Waals surface area contributed by atoms with Crippen molar-refractivity contribution in [3.63, 3.8) is 0 Å². The minimum absolute atomic E-state index is 0.0532. The second kappa shape index (κ2) is 5.48. The molecule has 17 heavy (non-hydrogen) atoms. The van der Waals surface area contributed by atoms with E-state index < -0.39 is 10.0 Å². The molecule has 1 saturated carbocycles. The van der Waals surface area contributed by atoms with Crippen molar-refractivity contribution in [2.75, 3.05) is 6.61 Å². The molecule has 0 unspecified atom stereocenters. The highest BCUT2D eigenvalue weighted by molar-refractivity contribution is 7.91. The smallest absolute Gasteiger partial charge is 0.250 e. The zero-order valence-electron chi connectivity index (χ0n) is 9.50. The van der Waals surface area contributed by atoms with Crippen molar-refractivity contribution in [3.05, 3.63) is 17.5 Å². The fourth-order valence-electron chi connectivity index (χ4n) is 2.26. The Morgan fingerprint density at radius 1 is 1.41 bits per heavy atom. The minimum Gasteiger partial charge on any atom is -0.396 e. The number of thiophene rings is 1. The molecule has 1 aliphatic rings. The Morgan fingerprint density at radius 2 is 2.18 bits per heavy atom. The molecule has 1 aliphatic carbocycles. The van der Waals surface area contributed by atoms with E-state index in [9.17, 15) is 13.5 Å². The molecule has 2 rings (SSSR count). The van der Waals surface area contributed by atoms with E-state index in [4.69, 9.17) is 0 Å². The van der Waals surface area contributed by atoms with E-state index in [0.29, 0.717) is 4.21 Å². The molecule has 0 spiro atoms. The van der Waals surface area contributed by atoms with Gasteiger partial charge in [-0.15, -0.1) is 11.3 Å². The molecular formula is C11H17NO3S2. The van der Waals surface area contributed by atoms with Gasteiger partial charge < -0.3 is 5.11 Å². The van der Waals surface area contributed by atoms with Gasteiger partial charge in [-0.2, -0.15) is 0 Å². The summed E-state index contributed by atoms with van der Waals surface area (Å²) in [5, 5.41) is 11.0. The molecule has 1 heterocycles. The Morgan fingerprint density at radius 3 is 2.82 bits per heavy atom. The van der Waals surface area contributed by atoms with E-state index >= 15 is 0 Å². The number of aliphatic hydroxyl groups excluding tert-OH is 1. The quantitative estimate of drug-likeness (QED) is 0.876. The predicted octanol–water partition coefficient (Wildman–Crippen LogP) is 1.58. The Bertz CT molecular complexity index is 441. The largest absolute Gasteiger partial charge is 0.396 e. The van der Waals surface area contributed by atoms with Crippen molar-refractivity contribution < 1.29 is 13.5 Å². The normalized spacial score (nSPS) is 25.9. The van der Waals surface area contributed by atoms with Crippen LogP contribution in [0.4, 0.5) is 0 Å². The van der Waals surface area contributed by atoms with Crippen LogP contribution in [0.1, 0.15) is 25.7 Å². The molecule has 6 heteroatoms. The molecule has 2 atom stereocenters. The van der Waals surface area contributed by atoms with Crippen LogP contribution in [-0.4, -0.2) is 26.2 Å². The van der Waals surface area contributed by atoms with Gasteiger partial charge in [-0.1, -0.05) is 18.9 Å². The van der Waals surface area contributed by atoms with Crippen molar-refractivity contribution >= 4 is 21.4 Å². The lowest BCUT2D eigenvalue weighted by atomic mass is 9.86. The van der Waals surface area contributed by atoms with Gasteiger partial charge in [0.2, 0.25) is 10.0 Å². The zero-order valence-corrected chi connectivity index (χ0v) is 11.1. The van der Waals surface area contributed by atoms with E-state index in [1.54, 1.807) is 17.5 Å². The number of sulfonamides is 1. The van der Waals surface area contributed by atoms with Crippen LogP contribution < -0.4 is 4.72 Å². The summed E-state index contributed by atoms with van der Waals surface area (Å²) in [5.74, 6) is 0.0542. The summed E-state index contributed by atoms with van der Waals surface area (Å²) in [6, 6.07) is 3.20. The van der Waals surface area contributed by atoms with Gasteiger partial charge in [0.25, 0.3) is 0 Å². The maximum atomic E-state index is 12.0. The van der Waals surface area contributed by atoms with E-state index in [0.717, 1.165) is 25.7 Å². The lowest BCUT2D eigenvalue weighted by Crippen LogP contribution is -2.43. The van der Waals surface area contributed by atoms with Gasteiger partial charge in [0.05, 0.1) is 0 Å². The number of hydrogen-bond donors (Lipinski definition) is 2. The maximum absolute atomic E-state index is 12.0. The fourth-order valence-corrected chi connectivity index (χ4v) is 4.60. The second-order valence-corrected chi connectivity index (χ2v) is 7.28. The molecule has 0 amide bonds. The van der Waals surface area contributed by atoms with E-state index in [1.165, 1.54) is 11.3 Å². The molecule has 0 bridgehead atoms. The first-order chi connectivity index (χ1) is 8.13. The highest BCUT2D eigenvalue weighted by Crippen LogP contribution is 2.26. The molecule has 4 nitrogen and oxygen atoms in total. The van der Waals surface area contributed by atoms with E-state index in [-0.39, 0.29) is 18.6 Å². The van der Waals surface area contributed by atoms with Crippen LogP contribution in [0, 0.1) is 5.92 Å². The molecule has 96 valence electrons. The third-order valence-electron chi connectivity index (χ3n) is 3.21. The lowest BCUT2D eigenvalue weighted by molar-refractivity contribution is 0.164. The van der Waals surface area contributed by atoms with Crippen LogP contribution >= 0.6 is 11.3 Å². The standard InChI is InChI=1S/C11H17NO3S2/c13-8-9-4-1-2-5-10(9)12-17(14,15)11-6-3-7-16-11/h3,6-7,9-10,12-13H,1-2,4-5,8H2/t9-,10+/m0/s1. The Labute approximate surface area is 106 Å². The zero-order chi connectivity index (χ0) is 12.3. The minimum atomic E-state index is -3.40. The van der Waals surface area contributed by atoms with Crippen LogP contribution in [0.2, 0.25) is 0 Å². The van der Waals surface area contributed by atoms with Crippen molar-refractivity contribution in [3.8, 4) is 0 Å². The van der Waals surface area contributed by atoms with Crippen molar-refractivity contribution in [2.45, 2.75) is 35.9 Å². The maximum Gasteiger partial charge on any atom is 0.250 e. The van der Waals surface area contributed by atoms with Gasteiger partial charge >= 0.3 is 0 Å². The summed E-state index contributed by atoms with van der Waals surface area (Å²) >= 11 is 1.21. The average molecular weight is 275 g/mol. The van der Waals surface area contributed by atoms with Gasteiger partial charge in [-0.25, -0.2) is 13.1 Å². The van der Waals surface area contributed by atoms with E-state index in [1.807, 2.05) is 0 Å². The number of hydrogen-bond acceptors (Lipinski definition) is 4. The third-order valence-corrected chi connectivity index (χ3v) is 6.10. The molecule has 1 fully saturated rings. The Hall–Kier alpha value is -0.430. The second-order valence-electron chi connectivity index (χ2n) is 4.39. The molecular weight excluding hydrogens is 258 g/mol. The summed E-state index contributed by atoms with van der Waals surface area (Å²) in [7, 11) is -3.40. The average Bonchev–Trinajstić information content (AvgIpc) is 2.83. The third kappa shape index (κ3) is 3.07. The van der Waals surface area contributed by atoms with Gasteiger partial charge in [0.1, 0.15) is 4.21 Å². The monoisotopic (exact) mass is 275 g/mol. The summed E-state index contributed by atoms with van der Waals surface area (Å²) in [6.45, 7) is 0.0532. The molecule has 2 N–H and O–H groups in total. The van der Waals surface area contributed by atoms with Gasteiger partial charge in [0.15, 0.2) is 0 Å². The Balaban J connectivity index is 2.09. The SMILES string of the molecule is O=S(=O)(N[C@@H]1CCCC[C@H]1CO)c1cccs1. The predicted molar refractivity (Wildman–Crippen MR) is 67.5 cm³/mol. The topological polar surface area (TPSA) is 66.4 Å². The number of nitrogens with one attached hydrogen (secondary N) is 1. The summed E-state index contributed by atoms with van der Waals surface area (Å²) < 4.78 is 27.1. The van der Waals surface area contributed by atoms with Crippen molar-refractivity contribution in [1.82, 2.24) is 4.72 Å².